The first kappa shape index (κ1) is 11.3. The molecule has 0 aromatic heterocycles. The van der Waals surface area contributed by atoms with Crippen LogP contribution in [0.5, 0.6) is 0 Å². The minimum absolute atomic E-state index is 0.100. The molecule has 0 spiro atoms. The van der Waals surface area contributed by atoms with Crippen molar-refractivity contribution < 1.29 is 5.11 Å². The van der Waals surface area contributed by atoms with Crippen LogP contribution in [0, 0.1) is 19.3 Å². The van der Waals surface area contributed by atoms with E-state index in [1.165, 1.54) is 11.1 Å². The highest BCUT2D eigenvalue weighted by atomic mass is 16.3. The van der Waals surface area contributed by atoms with Crippen LogP contribution in [0.3, 0.4) is 0 Å². The summed E-state index contributed by atoms with van der Waals surface area (Å²) in [6.45, 7) is 10.3. The summed E-state index contributed by atoms with van der Waals surface area (Å²) in [5, 5.41) is 10.2. The normalized spacial score (nSPS) is 14.1. The van der Waals surface area contributed by atoms with Crippen LogP contribution in [0.1, 0.15) is 43.6 Å². The molecule has 0 aliphatic carbocycles. The Morgan fingerprint density at radius 3 is 1.86 bits per heavy atom. The Morgan fingerprint density at radius 2 is 1.50 bits per heavy atom. The molecule has 0 radical (unpaired) electrons. The van der Waals surface area contributed by atoms with Gasteiger partial charge in [-0.2, -0.15) is 0 Å². The predicted molar refractivity (Wildman–Crippen MR) is 60.3 cm³/mol. The second-order valence-electron chi connectivity index (χ2n) is 5.07. The molecule has 1 aromatic rings. The van der Waals surface area contributed by atoms with Gasteiger partial charge in [-0.15, -0.1) is 0 Å². The fourth-order valence-corrected chi connectivity index (χ4v) is 1.69. The Balaban J connectivity index is 3.19. The molecule has 0 fully saturated rings. The van der Waals surface area contributed by atoms with Gasteiger partial charge in [0, 0.05) is 0 Å². The van der Waals surface area contributed by atoms with Crippen molar-refractivity contribution in [3.63, 3.8) is 0 Å². The minimum atomic E-state index is -0.385. The van der Waals surface area contributed by atoms with Crippen LogP contribution in [-0.4, -0.2) is 5.11 Å². The zero-order valence-electron chi connectivity index (χ0n) is 9.76. The molecule has 1 rings (SSSR count). The summed E-state index contributed by atoms with van der Waals surface area (Å²) in [6, 6.07) is 6.14. The van der Waals surface area contributed by atoms with E-state index in [2.05, 4.69) is 46.8 Å². The first-order valence-electron chi connectivity index (χ1n) is 5.08. The summed E-state index contributed by atoms with van der Waals surface area (Å²) in [7, 11) is 0. The second-order valence-corrected chi connectivity index (χ2v) is 5.07. The summed E-state index contributed by atoms with van der Waals surface area (Å²) in [5.41, 5.74) is 3.33. The Bertz CT molecular complexity index is 300. The highest BCUT2D eigenvalue weighted by molar-refractivity contribution is 5.36. The van der Waals surface area contributed by atoms with Crippen molar-refractivity contribution in [2.24, 2.45) is 5.41 Å². The van der Waals surface area contributed by atoms with Gasteiger partial charge < -0.3 is 5.11 Å². The van der Waals surface area contributed by atoms with Crippen LogP contribution in [0.15, 0.2) is 18.2 Å². The Hall–Kier alpha value is -0.820. The predicted octanol–water partition coefficient (Wildman–Crippen LogP) is 3.38. The van der Waals surface area contributed by atoms with Crippen LogP contribution < -0.4 is 0 Å². The zero-order chi connectivity index (χ0) is 10.9. The van der Waals surface area contributed by atoms with Gasteiger partial charge in [0.25, 0.3) is 0 Å². The molecule has 0 saturated heterocycles. The first-order chi connectivity index (χ1) is 6.34. The van der Waals surface area contributed by atoms with Gasteiger partial charge in [0.1, 0.15) is 0 Å². The van der Waals surface area contributed by atoms with Crippen molar-refractivity contribution in [3.8, 4) is 0 Å². The molecule has 1 nitrogen and oxygen atoms in total. The van der Waals surface area contributed by atoms with E-state index in [4.69, 9.17) is 0 Å². The molecule has 0 amide bonds. The zero-order valence-corrected chi connectivity index (χ0v) is 9.76. The molecule has 1 unspecified atom stereocenters. The van der Waals surface area contributed by atoms with E-state index in [1.54, 1.807) is 0 Å². The summed E-state index contributed by atoms with van der Waals surface area (Å²) in [6.07, 6.45) is -0.385. The van der Waals surface area contributed by atoms with E-state index >= 15 is 0 Å². The summed E-state index contributed by atoms with van der Waals surface area (Å²) >= 11 is 0. The molecule has 14 heavy (non-hydrogen) atoms. The molecule has 1 heteroatoms. The highest BCUT2D eigenvalue weighted by Crippen LogP contribution is 2.35. The number of benzene rings is 1. The third-order valence-corrected chi connectivity index (χ3v) is 2.64. The summed E-state index contributed by atoms with van der Waals surface area (Å²) < 4.78 is 0. The number of aryl methyl sites for hydroxylation is 2. The summed E-state index contributed by atoms with van der Waals surface area (Å²) in [5.74, 6) is 0. The molecule has 0 saturated carbocycles. The number of rotatable bonds is 1. The Kier molecular flexibility index (Phi) is 3.01. The smallest absolute Gasteiger partial charge is 0.0843 e. The number of hydrogen-bond donors (Lipinski definition) is 1. The van der Waals surface area contributed by atoms with Gasteiger partial charge in [0.05, 0.1) is 6.10 Å². The third-order valence-electron chi connectivity index (χ3n) is 2.64. The van der Waals surface area contributed by atoms with Gasteiger partial charge in [-0.25, -0.2) is 0 Å². The van der Waals surface area contributed by atoms with Gasteiger partial charge in [-0.1, -0.05) is 39.0 Å². The number of hydrogen-bond acceptors (Lipinski definition) is 1. The standard InChI is InChI=1S/C13H20O/c1-9-7-6-8-10(2)11(9)12(14)13(3,4)5/h6-8,12,14H,1-5H3. The van der Waals surface area contributed by atoms with E-state index in [9.17, 15) is 5.11 Å². The van der Waals surface area contributed by atoms with E-state index in [1.807, 2.05) is 6.07 Å². The lowest BCUT2D eigenvalue weighted by atomic mass is 9.81. The SMILES string of the molecule is Cc1cccc(C)c1C(O)C(C)(C)C. The lowest BCUT2D eigenvalue weighted by molar-refractivity contribution is 0.0616. The van der Waals surface area contributed by atoms with E-state index in [0.29, 0.717) is 0 Å². The topological polar surface area (TPSA) is 20.2 Å². The quantitative estimate of drug-likeness (QED) is 0.723. The second kappa shape index (κ2) is 3.74. The first-order valence-corrected chi connectivity index (χ1v) is 5.08. The van der Waals surface area contributed by atoms with Crippen molar-refractivity contribution >= 4 is 0 Å². The van der Waals surface area contributed by atoms with Crippen LogP contribution >= 0.6 is 0 Å². The molecule has 0 heterocycles. The fourth-order valence-electron chi connectivity index (χ4n) is 1.69. The monoisotopic (exact) mass is 192 g/mol. The molecule has 1 N–H and O–H groups in total. The summed E-state index contributed by atoms with van der Waals surface area (Å²) in [4.78, 5) is 0. The average Bonchev–Trinajstić information content (AvgIpc) is 2.01. The van der Waals surface area contributed by atoms with Crippen LogP contribution in [-0.2, 0) is 0 Å². The van der Waals surface area contributed by atoms with Crippen molar-refractivity contribution in [2.45, 2.75) is 40.7 Å². The van der Waals surface area contributed by atoms with Crippen LogP contribution in [0.25, 0.3) is 0 Å². The van der Waals surface area contributed by atoms with Crippen molar-refractivity contribution in [1.29, 1.82) is 0 Å². The maximum atomic E-state index is 10.2. The number of aliphatic hydroxyl groups excluding tert-OH is 1. The van der Waals surface area contributed by atoms with Crippen molar-refractivity contribution in [1.82, 2.24) is 0 Å². The fraction of sp³-hybridized carbons (Fsp3) is 0.538. The molecular formula is C13H20O. The largest absolute Gasteiger partial charge is 0.388 e. The van der Waals surface area contributed by atoms with E-state index in [0.717, 1.165) is 5.56 Å². The third kappa shape index (κ3) is 2.16. The molecule has 0 aliphatic heterocycles. The van der Waals surface area contributed by atoms with Crippen molar-refractivity contribution in [2.75, 3.05) is 0 Å². The average molecular weight is 192 g/mol. The van der Waals surface area contributed by atoms with Gasteiger partial charge in [-0.3, -0.25) is 0 Å². The number of aliphatic hydroxyl groups is 1. The lowest BCUT2D eigenvalue weighted by Gasteiger charge is -2.28. The van der Waals surface area contributed by atoms with E-state index < -0.39 is 0 Å². The van der Waals surface area contributed by atoms with Crippen LogP contribution in [0.2, 0.25) is 0 Å². The van der Waals surface area contributed by atoms with Crippen molar-refractivity contribution in [3.05, 3.63) is 34.9 Å². The molecule has 1 atom stereocenters. The lowest BCUT2D eigenvalue weighted by Crippen LogP contribution is -2.19. The maximum absolute atomic E-state index is 10.2. The highest BCUT2D eigenvalue weighted by Gasteiger charge is 2.26. The molecular weight excluding hydrogens is 172 g/mol. The molecule has 78 valence electrons. The Morgan fingerprint density at radius 1 is 1.07 bits per heavy atom. The maximum Gasteiger partial charge on any atom is 0.0843 e. The van der Waals surface area contributed by atoms with Gasteiger partial charge >= 0.3 is 0 Å². The molecule has 0 aliphatic rings. The van der Waals surface area contributed by atoms with Crippen LogP contribution in [0.4, 0.5) is 0 Å². The Labute approximate surface area is 86.8 Å². The molecule has 0 bridgehead atoms. The van der Waals surface area contributed by atoms with E-state index in [-0.39, 0.29) is 11.5 Å². The van der Waals surface area contributed by atoms with Gasteiger partial charge in [0.15, 0.2) is 0 Å². The minimum Gasteiger partial charge on any atom is -0.388 e. The van der Waals surface area contributed by atoms with Gasteiger partial charge in [0.2, 0.25) is 0 Å². The van der Waals surface area contributed by atoms with Gasteiger partial charge in [-0.05, 0) is 36.0 Å². The molecule has 1 aromatic carbocycles.